The highest BCUT2D eigenvalue weighted by molar-refractivity contribution is 6.05. The molecule has 1 atom stereocenters. The van der Waals surface area contributed by atoms with Crippen LogP contribution in [-0.2, 0) is 25.3 Å². The summed E-state index contributed by atoms with van der Waals surface area (Å²) in [6.45, 7) is 2.00. The Bertz CT molecular complexity index is 953. The molecule has 1 aromatic carbocycles. The summed E-state index contributed by atoms with van der Waals surface area (Å²) in [6.07, 6.45) is 5.12. The first kappa shape index (κ1) is 16.0. The van der Waals surface area contributed by atoms with Gasteiger partial charge in [-0.2, -0.15) is 0 Å². The van der Waals surface area contributed by atoms with E-state index in [9.17, 15) is 14.4 Å². The Kier molecular flexibility index (Phi) is 3.97. The fourth-order valence-electron chi connectivity index (χ4n) is 3.09. The zero-order chi connectivity index (χ0) is 17.4. The van der Waals surface area contributed by atoms with Gasteiger partial charge in [-0.1, -0.05) is 18.2 Å². The smallest absolute Gasteiger partial charge is 0.305 e. The Hall–Kier alpha value is -2.89. The number of benzene rings is 1. The molecule has 24 heavy (non-hydrogen) atoms. The van der Waals surface area contributed by atoms with E-state index in [2.05, 4.69) is 0 Å². The second-order valence-corrected chi connectivity index (χ2v) is 6.07. The highest BCUT2D eigenvalue weighted by Crippen LogP contribution is 2.31. The lowest BCUT2D eigenvalue weighted by Crippen LogP contribution is -2.37. The molecule has 2 aromatic rings. The van der Waals surface area contributed by atoms with Gasteiger partial charge in [0.15, 0.2) is 0 Å². The molecular formula is C18H19N3O3. The van der Waals surface area contributed by atoms with Crippen LogP contribution in [0.3, 0.4) is 0 Å². The van der Waals surface area contributed by atoms with Crippen LogP contribution < -0.4 is 16.1 Å². The molecular weight excluding hydrogens is 306 g/mol. The van der Waals surface area contributed by atoms with Crippen molar-refractivity contribution in [2.75, 3.05) is 4.90 Å². The zero-order valence-electron chi connectivity index (χ0n) is 13.9. The van der Waals surface area contributed by atoms with Crippen molar-refractivity contribution in [2.45, 2.75) is 19.4 Å². The molecule has 1 aliphatic rings. The molecule has 0 fully saturated rings. The third-order valence-corrected chi connectivity index (χ3v) is 4.32. The number of hydrogen-bond acceptors (Lipinski definition) is 3. The number of para-hydroxylation sites is 1. The number of anilines is 1. The summed E-state index contributed by atoms with van der Waals surface area (Å²) < 4.78 is 2.34. The fourth-order valence-corrected chi connectivity index (χ4v) is 3.09. The van der Waals surface area contributed by atoms with Crippen LogP contribution in [0.15, 0.2) is 46.1 Å². The summed E-state index contributed by atoms with van der Waals surface area (Å²) in [6, 6.07) is 7.89. The third-order valence-electron chi connectivity index (χ3n) is 4.32. The average molecular weight is 325 g/mol. The number of carbonyl (C=O) groups is 1. The van der Waals surface area contributed by atoms with E-state index in [-0.39, 0.29) is 11.9 Å². The molecule has 0 saturated heterocycles. The quantitative estimate of drug-likeness (QED) is 0.776. The first-order valence-corrected chi connectivity index (χ1v) is 7.76. The molecule has 1 aliphatic heterocycles. The maximum atomic E-state index is 12.6. The number of nitrogens with zero attached hydrogens (tertiary/aromatic N) is 3. The second-order valence-electron chi connectivity index (χ2n) is 6.07. The highest BCUT2D eigenvalue weighted by Gasteiger charge is 2.29. The minimum Gasteiger partial charge on any atom is -0.305 e. The monoisotopic (exact) mass is 325 g/mol. The van der Waals surface area contributed by atoms with Crippen LogP contribution in [-0.4, -0.2) is 21.1 Å². The van der Waals surface area contributed by atoms with E-state index < -0.39 is 11.2 Å². The Labute approximate surface area is 139 Å². The summed E-state index contributed by atoms with van der Waals surface area (Å²) in [5.41, 5.74) is 1.54. The number of rotatable bonds is 2. The topological polar surface area (TPSA) is 64.3 Å². The van der Waals surface area contributed by atoms with Gasteiger partial charge in [-0.3, -0.25) is 14.2 Å². The van der Waals surface area contributed by atoms with E-state index in [0.29, 0.717) is 5.56 Å². The van der Waals surface area contributed by atoms with Crippen LogP contribution in [0.1, 0.15) is 18.1 Å². The molecule has 1 aromatic heterocycles. The van der Waals surface area contributed by atoms with Crippen LogP contribution in [0.5, 0.6) is 0 Å². The van der Waals surface area contributed by atoms with Crippen LogP contribution in [0, 0.1) is 0 Å². The van der Waals surface area contributed by atoms with Gasteiger partial charge in [-0.15, -0.1) is 0 Å². The van der Waals surface area contributed by atoms with Crippen molar-refractivity contribution in [3.63, 3.8) is 0 Å². The van der Waals surface area contributed by atoms with Gasteiger partial charge in [-0.05, 0) is 31.1 Å². The van der Waals surface area contributed by atoms with Gasteiger partial charge in [0.1, 0.15) is 0 Å². The van der Waals surface area contributed by atoms with Gasteiger partial charge in [0, 0.05) is 38.1 Å². The lowest BCUT2D eigenvalue weighted by molar-refractivity contribution is -0.114. The lowest BCUT2D eigenvalue weighted by atomic mass is 10.1. The van der Waals surface area contributed by atoms with Crippen molar-refractivity contribution in [3.05, 3.63) is 68.5 Å². The summed E-state index contributed by atoms with van der Waals surface area (Å²) >= 11 is 0. The van der Waals surface area contributed by atoms with E-state index in [4.69, 9.17) is 0 Å². The van der Waals surface area contributed by atoms with Crippen LogP contribution >= 0.6 is 0 Å². The maximum absolute atomic E-state index is 12.6. The summed E-state index contributed by atoms with van der Waals surface area (Å²) in [4.78, 5) is 38.1. The van der Waals surface area contributed by atoms with E-state index in [1.165, 1.54) is 30.0 Å². The SMILES string of the molecule is C[C@@H]1Cc2ccccc2N1C(=O)/C=C/c1cn(C)c(=O)n(C)c1=O. The lowest BCUT2D eigenvalue weighted by Gasteiger charge is -2.20. The van der Waals surface area contributed by atoms with Gasteiger partial charge >= 0.3 is 5.69 Å². The molecule has 0 unspecified atom stereocenters. The summed E-state index contributed by atoms with van der Waals surface area (Å²) in [7, 11) is 2.99. The molecule has 124 valence electrons. The van der Waals surface area contributed by atoms with Crippen molar-refractivity contribution in [3.8, 4) is 0 Å². The van der Waals surface area contributed by atoms with Crippen molar-refractivity contribution < 1.29 is 4.79 Å². The first-order valence-electron chi connectivity index (χ1n) is 7.76. The van der Waals surface area contributed by atoms with Crippen molar-refractivity contribution >= 4 is 17.7 Å². The molecule has 1 amide bonds. The van der Waals surface area contributed by atoms with E-state index in [0.717, 1.165) is 22.2 Å². The largest absolute Gasteiger partial charge is 0.330 e. The van der Waals surface area contributed by atoms with Gasteiger partial charge in [-0.25, -0.2) is 4.79 Å². The van der Waals surface area contributed by atoms with Crippen LogP contribution in [0.25, 0.3) is 6.08 Å². The zero-order valence-corrected chi connectivity index (χ0v) is 13.9. The molecule has 0 aliphatic carbocycles. The van der Waals surface area contributed by atoms with Gasteiger partial charge < -0.3 is 9.47 Å². The van der Waals surface area contributed by atoms with Gasteiger partial charge in [0.05, 0.1) is 5.56 Å². The number of fused-ring (bicyclic) bond motifs is 1. The summed E-state index contributed by atoms with van der Waals surface area (Å²) in [5, 5.41) is 0. The molecule has 0 bridgehead atoms. The Balaban J connectivity index is 1.93. The van der Waals surface area contributed by atoms with E-state index >= 15 is 0 Å². The van der Waals surface area contributed by atoms with E-state index in [1.54, 1.807) is 11.9 Å². The predicted molar refractivity (Wildman–Crippen MR) is 93.1 cm³/mol. The number of hydrogen-bond donors (Lipinski definition) is 0. The van der Waals surface area contributed by atoms with Gasteiger partial charge in [0.25, 0.3) is 11.5 Å². The molecule has 2 heterocycles. The molecule has 6 heteroatoms. The van der Waals surface area contributed by atoms with E-state index in [1.807, 2.05) is 31.2 Å². The van der Waals surface area contributed by atoms with Crippen LogP contribution in [0.4, 0.5) is 5.69 Å². The predicted octanol–water partition coefficient (Wildman–Crippen LogP) is 1.08. The number of amides is 1. The Morgan fingerprint density at radius 3 is 2.67 bits per heavy atom. The Morgan fingerprint density at radius 2 is 1.92 bits per heavy atom. The molecule has 0 radical (unpaired) electrons. The fraction of sp³-hybridized carbons (Fsp3) is 0.278. The van der Waals surface area contributed by atoms with Crippen LogP contribution in [0.2, 0.25) is 0 Å². The second kappa shape index (κ2) is 5.96. The first-order chi connectivity index (χ1) is 11.4. The molecule has 6 nitrogen and oxygen atoms in total. The molecule has 3 rings (SSSR count). The highest BCUT2D eigenvalue weighted by atomic mass is 16.2. The number of aryl methyl sites for hydroxylation is 1. The molecule has 0 spiro atoms. The van der Waals surface area contributed by atoms with Crippen molar-refractivity contribution in [1.29, 1.82) is 0 Å². The summed E-state index contributed by atoms with van der Waals surface area (Å²) in [5.74, 6) is -0.177. The van der Waals surface area contributed by atoms with Crippen molar-refractivity contribution in [2.24, 2.45) is 14.1 Å². The number of carbonyl (C=O) groups excluding carboxylic acids is 1. The van der Waals surface area contributed by atoms with Crippen molar-refractivity contribution in [1.82, 2.24) is 9.13 Å². The average Bonchev–Trinajstić information content (AvgIpc) is 2.90. The minimum atomic E-state index is -0.419. The standard InChI is InChI=1S/C18H19N3O3/c1-12-10-13-6-4-5-7-15(13)21(12)16(22)9-8-14-11-19(2)18(24)20(3)17(14)23/h4-9,11-12H,10H2,1-3H3/b9-8+/t12-/m1/s1. The third kappa shape index (κ3) is 2.60. The Morgan fingerprint density at radius 1 is 1.21 bits per heavy atom. The maximum Gasteiger partial charge on any atom is 0.330 e. The minimum absolute atomic E-state index is 0.0718. The molecule has 0 N–H and O–H groups in total. The number of aromatic nitrogens is 2. The normalized spacial score (nSPS) is 16.6. The molecule has 0 saturated carbocycles. The van der Waals surface area contributed by atoms with Gasteiger partial charge in [0.2, 0.25) is 0 Å².